The van der Waals surface area contributed by atoms with Gasteiger partial charge >= 0.3 is 0 Å². The first-order valence-electron chi connectivity index (χ1n) is 5.39. The standard InChI is InChI=1S/C13H12FN3O/c14-10-3-4-12(15)11(6-10)13(18)17-8-9-2-1-5-16-7-9/h1-7H,8,15H2,(H,17,18). The van der Waals surface area contributed by atoms with Crippen LogP contribution in [0.3, 0.4) is 0 Å². The molecule has 0 aliphatic carbocycles. The number of nitrogens with two attached hydrogens (primary N) is 1. The predicted molar refractivity (Wildman–Crippen MR) is 66.2 cm³/mol. The number of aromatic nitrogens is 1. The van der Waals surface area contributed by atoms with E-state index < -0.39 is 11.7 Å². The fourth-order valence-corrected chi connectivity index (χ4v) is 1.51. The summed E-state index contributed by atoms with van der Waals surface area (Å²) in [5.74, 6) is -0.897. The Morgan fingerprint density at radius 1 is 1.39 bits per heavy atom. The van der Waals surface area contributed by atoms with Gasteiger partial charge in [0.2, 0.25) is 0 Å². The summed E-state index contributed by atoms with van der Waals surface area (Å²) in [7, 11) is 0. The highest BCUT2D eigenvalue weighted by molar-refractivity contribution is 5.99. The summed E-state index contributed by atoms with van der Waals surface area (Å²) < 4.78 is 13.0. The molecule has 0 fully saturated rings. The van der Waals surface area contributed by atoms with Crippen LogP contribution >= 0.6 is 0 Å². The van der Waals surface area contributed by atoms with Gasteiger partial charge in [-0.1, -0.05) is 6.07 Å². The smallest absolute Gasteiger partial charge is 0.253 e. The van der Waals surface area contributed by atoms with Gasteiger partial charge in [-0.3, -0.25) is 9.78 Å². The number of pyridine rings is 1. The molecule has 0 bridgehead atoms. The Kier molecular flexibility index (Phi) is 3.52. The summed E-state index contributed by atoms with van der Waals surface area (Å²) in [6, 6.07) is 7.32. The number of carbonyl (C=O) groups excluding carboxylic acids is 1. The van der Waals surface area contributed by atoms with Crippen LogP contribution in [-0.2, 0) is 6.54 Å². The van der Waals surface area contributed by atoms with E-state index in [-0.39, 0.29) is 11.3 Å². The number of amides is 1. The molecule has 2 aromatic rings. The molecule has 0 unspecified atom stereocenters. The Bertz CT molecular complexity index is 557. The number of hydrogen-bond acceptors (Lipinski definition) is 3. The van der Waals surface area contributed by atoms with E-state index >= 15 is 0 Å². The van der Waals surface area contributed by atoms with Crippen LogP contribution in [0.5, 0.6) is 0 Å². The number of nitrogen functional groups attached to an aromatic ring is 1. The molecule has 5 heteroatoms. The molecule has 1 heterocycles. The molecule has 0 aliphatic heterocycles. The second kappa shape index (κ2) is 5.27. The Hall–Kier alpha value is -2.43. The van der Waals surface area contributed by atoms with E-state index in [0.29, 0.717) is 6.54 Å². The van der Waals surface area contributed by atoms with Crippen molar-refractivity contribution in [3.8, 4) is 0 Å². The summed E-state index contributed by atoms with van der Waals surface area (Å²) >= 11 is 0. The Morgan fingerprint density at radius 2 is 2.22 bits per heavy atom. The largest absolute Gasteiger partial charge is 0.398 e. The zero-order valence-electron chi connectivity index (χ0n) is 9.56. The van der Waals surface area contributed by atoms with Gasteiger partial charge < -0.3 is 11.1 Å². The SMILES string of the molecule is Nc1ccc(F)cc1C(=O)NCc1cccnc1. The monoisotopic (exact) mass is 245 g/mol. The second-order valence-electron chi connectivity index (χ2n) is 3.78. The number of benzene rings is 1. The summed E-state index contributed by atoms with van der Waals surface area (Å²) in [5, 5.41) is 2.66. The molecular formula is C13H12FN3O. The van der Waals surface area contributed by atoms with Crippen LogP contribution < -0.4 is 11.1 Å². The van der Waals surface area contributed by atoms with E-state index in [1.807, 2.05) is 6.07 Å². The number of rotatable bonds is 3. The van der Waals surface area contributed by atoms with Crippen LogP contribution in [0.25, 0.3) is 0 Å². The van der Waals surface area contributed by atoms with Crippen LogP contribution in [0, 0.1) is 5.82 Å². The van der Waals surface area contributed by atoms with Crippen molar-refractivity contribution < 1.29 is 9.18 Å². The van der Waals surface area contributed by atoms with Crippen molar-refractivity contribution in [3.63, 3.8) is 0 Å². The maximum atomic E-state index is 13.0. The highest BCUT2D eigenvalue weighted by Crippen LogP contribution is 2.13. The number of hydrogen-bond donors (Lipinski definition) is 2. The van der Waals surface area contributed by atoms with E-state index in [1.54, 1.807) is 18.5 Å². The highest BCUT2D eigenvalue weighted by Gasteiger charge is 2.10. The van der Waals surface area contributed by atoms with Crippen LogP contribution in [0.1, 0.15) is 15.9 Å². The van der Waals surface area contributed by atoms with Crippen LogP contribution in [0.2, 0.25) is 0 Å². The summed E-state index contributed by atoms with van der Waals surface area (Å²) in [6.07, 6.45) is 3.30. The molecule has 1 amide bonds. The molecule has 4 nitrogen and oxygen atoms in total. The molecule has 1 aromatic carbocycles. The third kappa shape index (κ3) is 2.82. The van der Waals surface area contributed by atoms with Crippen molar-refractivity contribution in [2.45, 2.75) is 6.54 Å². The van der Waals surface area contributed by atoms with E-state index in [0.717, 1.165) is 11.6 Å². The predicted octanol–water partition coefficient (Wildman–Crippen LogP) is 1.73. The average Bonchev–Trinajstić information content (AvgIpc) is 2.40. The second-order valence-corrected chi connectivity index (χ2v) is 3.78. The van der Waals surface area contributed by atoms with Gasteiger partial charge in [-0.15, -0.1) is 0 Å². The lowest BCUT2D eigenvalue weighted by Gasteiger charge is -2.07. The molecular weight excluding hydrogens is 233 g/mol. The summed E-state index contributed by atoms with van der Waals surface area (Å²) in [6.45, 7) is 0.322. The minimum atomic E-state index is -0.490. The van der Waals surface area contributed by atoms with Crippen molar-refractivity contribution in [2.24, 2.45) is 0 Å². The minimum absolute atomic E-state index is 0.138. The van der Waals surface area contributed by atoms with Gasteiger partial charge in [0.15, 0.2) is 0 Å². The first kappa shape index (κ1) is 12.0. The third-order valence-electron chi connectivity index (χ3n) is 2.44. The van der Waals surface area contributed by atoms with Gasteiger partial charge in [0.1, 0.15) is 5.82 Å². The minimum Gasteiger partial charge on any atom is -0.398 e. The maximum Gasteiger partial charge on any atom is 0.253 e. The van der Waals surface area contributed by atoms with Gasteiger partial charge in [-0.25, -0.2) is 4.39 Å². The molecule has 1 aromatic heterocycles. The molecule has 0 aliphatic rings. The Morgan fingerprint density at radius 3 is 2.94 bits per heavy atom. The van der Waals surface area contributed by atoms with E-state index in [2.05, 4.69) is 10.3 Å². The lowest BCUT2D eigenvalue weighted by Crippen LogP contribution is -2.24. The number of nitrogens with zero attached hydrogens (tertiary/aromatic N) is 1. The zero-order chi connectivity index (χ0) is 13.0. The first-order valence-corrected chi connectivity index (χ1v) is 5.39. The number of carbonyl (C=O) groups is 1. The van der Waals surface area contributed by atoms with E-state index in [4.69, 9.17) is 5.73 Å². The Balaban J connectivity index is 2.06. The zero-order valence-corrected chi connectivity index (χ0v) is 9.56. The van der Waals surface area contributed by atoms with Gasteiger partial charge in [-0.2, -0.15) is 0 Å². The van der Waals surface area contributed by atoms with Gasteiger partial charge in [0.05, 0.1) is 5.56 Å². The lowest BCUT2D eigenvalue weighted by molar-refractivity contribution is 0.0951. The van der Waals surface area contributed by atoms with Crippen LogP contribution in [0.4, 0.5) is 10.1 Å². The molecule has 0 spiro atoms. The normalized spacial score (nSPS) is 10.1. The first-order chi connectivity index (χ1) is 8.66. The van der Waals surface area contributed by atoms with E-state index in [9.17, 15) is 9.18 Å². The number of nitrogens with one attached hydrogen (secondary N) is 1. The average molecular weight is 245 g/mol. The molecule has 92 valence electrons. The van der Waals surface area contributed by atoms with Crippen molar-refractivity contribution in [1.29, 1.82) is 0 Å². The molecule has 0 saturated heterocycles. The van der Waals surface area contributed by atoms with Crippen LogP contribution in [-0.4, -0.2) is 10.9 Å². The van der Waals surface area contributed by atoms with E-state index in [1.165, 1.54) is 12.1 Å². The topological polar surface area (TPSA) is 68.0 Å². The maximum absolute atomic E-state index is 13.0. The molecule has 0 saturated carbocycles. The number of anilines is 1. The van der Waals surface area contributed by atoms with Crippen molar-refractivity contribution >= 4 is 11.6 Å². The molecule has 2 rings (SSSR count). The van der Waals surface area contributed by atoms with Crippen molar-refractivity contribution in [1.82, 2.24) is 10.3 Å². The summed E-state index contributed by atoms with van der Waals surface area (Å²) in [5.41, 5.74) is 6.87. The summed E-state index contributed by atoms with van der Waals surface area (Å²) in [4.78, 5) is 15.7. The quantitative estimate of drug-likeness (QED) is 0.809. The highest BCUT2D eigenvalue weighted by atomic mass is 19.1. The van der Waals surface area contributed by atoms with Gasteiger partial charge in [0.25, 0.3) is 5.91 Å². The van der Waals surface area contributed by atoms with Crippen LogP contribution in [0.15, 0.2) is 42.7 Å². The third-order valence-corrected chi connectivity index (χ3v) is 2.44. The molecule has 18 heavy (non-hydrogen) atoms. The molecule has 0 radical (unpaired) electrons. The van der Waals surface area contributed by atoms with Crippen molar-refractivity contribution in [2.75, 3.05) is 5.73 Å². The molecule has 0 atom stereocenters. The fourth-order valence-electron chi connectivity index (χ4n) is 1.51. The molecule has 3 N–H and O–H groups in total. The number of halogens is 1. The Labute approximate surface area is 104 Å². The van der Waals surface area contributed by atoms with Gasteiger partial charge in [-0.05, 0) is 29.8 Å². The van der Waals surface area contributed by atoms with Crippen molar-refractivity contribution in [3.05, 3.63) is 59.7 Å². The fraction of sp³-hybridized carbons (Fsp3) is 0.0769. The van der Waals surface area contributed by atoms with Gasteiger partial charge in [0, 0.05) is 24.6 Å². The lowest BCUT2D eigenvalue weighted by atomic mass is 10.1.